The van der Waals surface area contributed by atoms with Crippen molar-refractivity contribution in [2.75, 3.05) is 26.8 Å². The molecular formula is C12H21NOS. The Morgan fingerprint density at radius 1 is 1.53 bits per heavy atom. The van der Waals surface area contributed by atoms with Crippen LogP contribution in [-0.4, -0.2) is 26.8 Å². The molecule has 1 atom stereocenters. The maximum atomic E-state index is 4.98. The number of hydrogen-bond donors (Lipinski definition) is 1. The highest BCUT2D eigenvalue weighted by Crippen LogP contribution is 2.16. The van der Waals surface area contributed by atoms with Crippen LogP contribution in [-0.2, 0) is 11.2 Å². The number of ether oxygens (including phenoxy) is 1. The van der Waals surface area contributed by atoms with Crippen LogP contribution >= 0.6 is 11.3 Å². The fourth-order valence-corrected chi connectivity index (χ4v) is 2.32. The van der Waals surface area contributed by atoms with Gasteiger partial charge in [0, 0.05) is 18.5 Å². The lowest BCUT2D eigenvalue weighted by atomic mass is 10.0. The van der Waals surface area contributed by atoms with E-state index in [0.717, 1.165) is 19.7 Å². The topological polar surface area (TPSA) is 21.3 Å². The minimum atomic E-state index is 0.691. The van der Waals surface area contributed by atoms with Crippen LogP contribution in [0.1, 0.15) is 17.4 Å². The van der Waals surface area contributed by atoms with Crippen molar-refractivity contribution >= 4 is 11.3 Å². The predicted octanol–water partition coefficient (Wildman–Crippen LogP) is 2.47. The number of thiophene rings is 1. The molecule has 1 heterocycles. The SMILES string of the molecule is COCCNCC(C)Cc1csc(C)c1. The van der Waals surface area contributed by atoms with Gasteiger partial charge in [0.05, 0.1) is 6.61 Å². The molecule has 0 aliphatic heterocycles. The first-order valence-electron chi connectivity index (χ1n) is 5.46. The molecule has 0 aromatic carbocycles. The van der Waals surface area contributed by atoms with Crippen LogP contribution in [0.5, 0.6) is 0 Å². The van der Waals surface area contributed by atoms with Crippen LogP contribution in [0.2, 0.25) is 0 Å². The molecule has 1 unspecified atom stereocenters. The van der Waals surface area contributed by atoms with E-state index < -0.39 is 0 Å². The number of hydrogen-bond acceptors (Lipinski definition) is 3. The van der Waals surface area contributed by atoms with Crippen molar-refractivity contribution in [3.8, 4) is 0 Å². The molecule has 1 aromatic heterocycles. The predicted molar refractivity (Wildman–Crippen MR) is 66.7 cm³/mol. The van der Waals surface area contributed by atoms with Gasteiger partial charge in [-0.2, -0.15) is 0 Å². The lowest BCUT2D eigenvalue weighted by Gasteiger charge is -2.11. The Bertz CT molecular complexity index is 272. The van der Waals surface area contributed by atoms with Crippen LogP contribution in [0.3, 0.4) is 0 Å². The Morgan fingerprint density at radius 3 is 2.93 bits per heavy atom. The van der Waals surface area contributed by atoms with E-state index in [1.165, 1.54) is 16.9 Å². The summed E-state index contributed by atoms with van der Waals surface area (Å²) in [5.74, 6) is 0.691. The summed E-state index contributed by atoms with van der Waals surface area (Å²) in [7, 11) is 1.74. The number of aryl methyl sites for hydroxylation is 1. The maximum absolute atomic E-state index is 4.98. The first-order chi connectivity index (χ1) is 7.22. The second-order valence-corrected chi connectivity index (χ2v) is 5.19. The highest BCUT2D eigenvalue weighted by molar-refractivity contribution is 7.10. The van der Waals surface area contributed by atoms with Crippen molar-refractivity contribution in [2.45, 2.75) is 20.3 Å². The Hall–Kier alpha value is -0.380. The van der Waals surface area contributed by atoms with Gasteiger partial charge in [-0.05, 0) is 42.8 Å². The third-order valence-corrected chi connectivity index (χ3v) is 3.26. The fourth-order valence-electron chi connectivity index (χ4n) is 1.60. The minimum absolute atomic E-state index is 0.691. The first-order valence-corrected chi connectivity index (χ1v) is 6.34. The van der Waals surface area contributed by atoms with Gasteiger partial charge in [-0.25, -0.2) is 0 Å². The summed E-state index contributed by atoms with van der Waals surface area (Å²) in [6.45, 7) is 7.26. The largest absolute Gasteiger partial charge is 0.383 e. The van der Waals surface area contributed by atoms with E-state index in [4.69, 9.17) is 4.74 Å². The molecule has 0 aliphatic rings. The van der Waals surface area contributed by atoms with Gasteiger partial charge in [0.15, 0.2) is 0 Å². The quantitative estimate of drug-likeness (QED) is 0.723. The molecule has 1 N–H and O–H groups in total. The number of methoxy groups -OCH3 is 1. The molecule has 0 aliphatic carbocycles. The van der Waals surface area contributed by atoms with Gasteiger partial charge in [0.25, 0.3) is 0 Å². The third kappa shape index (κ3) is 5.30. The summed E-state index contributed by atoms with van der Waals surface area (Å²) in [6, 6.07) is 2.29. The molecule has 86 valence electrons. The van der Waals surface area contributed by atoms with Crippen LogP contribution in [0.15, 0.2) is 11.4 Å². The highest BCUT2D eigenvalue weighted by atomic mass is 32.1. The summed E-state index contributed by atoms with van der Waals surface area (Å²) >= 11 is 1.84. The van der Waals surface area contributed by atoms with Crippen molar-refractivity contribution in [1.29, 1.82) is 0 Å². The average Bonchev–Trinajstić information content (AvgIpc) is 2.59. The summed E-state index contributed by atoms with van der Waals surface area (Å²) < 4.78 is 4.98. The average molecular weight is 227 g/mol. The second-order valence-electron chi connectivity index (χ2n) is 4.07. The number of rotatable bonds is 7. The van der Waals surface area contributed by atoms with E-state index in [1.54, 1.807) is 7.11 Å². The highest BCUT2D eigenvalue weighted by Gasteiger charge is 2.04. The van der Waals surface area contributed by atoms with Crippen LogP contribution in [0, 0.1) is 12.8 Å². The molecule has 0 bridgehead atoms. The van der Waals surface area contributed by atoms with E-state index in [2.05, 4.69) is 30.6 Å². The van der Waals surface area contributed by atoms with E-state index in [0.29, 0.717) is 5.92 Å². The van der Waals surface area contributed by atoms with E-state index in [1.807, 2.05) is 11.3 Å². The first kappa shape index (κ1) is 12.7. The van der Waals surface area contributed by atoms with Gasteiger partial charge < -0.3 is 10.1 Å². The van der Waals surface area contributed by atoms with Gasteiger partial charge in [-0.15, -0.1) is 11.3 Å². The molecule has 0 saturated heterocycles. The summed E-state index contributed by atoms with van der Waals surface area (Å²) in [5, 5.41) is 5.66. The number of nitrogens with one attached hydrogen (secondary N) is 1. The van der Waals surface area contributed by atoms with Gasteiger partial charge in [0.1, 0.15) is 0 Å². The monoisotopic (exact) mass is 227 g/mol. The Balaban J connectivity index is 2.15. The zero-order valence-electron chi connectivity index (χ0n) is 9.88. The summed E-state index contributed by atoms with van der Waals surface area (Å²) in [4.78, 5) is 1.41. The molecular weight excluding hydrogens is 206 g/mol. The lowest BCUT2D eigenvalue weighted by Crippen LogP contribution is -2.25. The standard InChI is InChI=1S/C12H21NOS/c1-10(8-13-4-5-14-3)6-12-7-11(2)15-9-12/h7,9-10,13H,4-6,8H2,1-3H3. The molecule has 15 heavy (non-hydrogen) atoms. The maximum Gasteiger partial charge on any atom is 0.0587 e. The zero-order chi connectivity index (χ0) is 11.1. The zero-order valence-corrected chi connectivity index (χ0v) is 10.7. The second kappa shape index (κ2) is 6.99. The Labute approximate surface area is 96.7 Å². The van der Waals surface area contributed by atoms with Gasteiger partial charge in [-0.1, -0.05) is 6.92 Å². The normalized spacial score (nSPS) is 13.0. The summed E-state index contributed by atoms with van der Waals surface area (Å²) in [5.41, 5.74) is 1.47. The van der Waals surface area contributed by atoms with E-state index >= 15 is 0 Å². The minimum Gasteiger partial charge on any atom is -0.383 e. The third-order valence-electron chi connectivity index (χ3n) is 2.34. The molecule has 0 radical (unpaired) electrons. The van der Waals surface area contributed by atoms with E-state index in [-0.39, 0.29) is 0 Å². The molecule has 0 spiro atoms. The Morgan fingerprint density at radius 2 is 2.33 bits per heavy atom. The molecule has 0 fully saturated rings. The van der Waals surface area contributed by atoms with Gasteiger partial charge in [-0.3, -0.25) is 0 Å². The van der Waals surface area contributed by atoms with Crippen LogP contribution in [0.25, 0.3) is 0 Å². The fraction of sp³-hybridized carbons (Fsp3) is 0.667. The van der Waals surface area contributed by atoms with Crippen LogP contribution < -0.4 is 5.32 Å². The van der Waals surface area contributed by atoms with Crippen LogP contribution in [0.4, 0.5) is 0 Å². The van der Waals surface area contributed by atoms with Gasteiger partial charge in [0.2, 0.25) is 0 Å². The van der Waals surface area contributed by atoms with Gasteiger partial charge >= 0.3 is 0 Å². The molecule has 0 amide bonds. The van der Waals surface area contributed by atoms with Crippen molar-refractivity contribution in [1.82, 2.24) is 5.32 Å². The molecule has 1 rings (SSSR count). The molecule has 2 nitrogen and oxygen atoms in total. The lowest BCUT2D eigenvalue weighted by molar-refractivity contribution is 0.198. The molecule has 1 aromatic rings. The van der Waals surface area contributed by atoms with Crippen molar-refractivity contribution in [3.63, 3.8) is 0 Å². The van der Waals surface area contributed by atoms with Crippen molar-refractivity contribution in [3.05, 3.63) is 21.9 Å². The van der Waals surface area contributed by atoms with Crippen molar-refractivity contribution < 1.29 is 4.74 Å². The molecule has 3 heteroatoms. The van der Waals surface area contributed by atoms with E-state index in [9.17, 15) is 0 Å². The van der Waals surface area contributed by atoms with Crippen molar-refractivity contribution in [2.24, 2.45) is 5.92 Å². The summed E-state index contributed by atoms with van der Waals surface area (Å²) in [6.07, 6.45) is 1.17. The smallest absolute Gasteiger partial charge is 0.0587 e. The Kier molecular flexibility index (Phi) is 5.91. The molecule has 0 saturated carbocycles.